The number of nitrogens with two attached hydrogens (primary N) is 1. The number of carbonyl (C=O) groups excluding carboxylic acids is 1. The molecule has 0 aliphatic carbocycles. The van der Waals surface area contributed by atoms with E-state index < -0.39 is 11.6 Å². The fourth-order valence-corrected chi connectivity index (χ4v) is 1.98. The summed E-state index contributed by atoms with van der Waals surface area (Å²) in [6.07, 6.45) is 1.62. The zero-order valence-electron chi connectivity index (χ0n) is 11.2. The quantitative estimate of drug-likeness (QED) is 0.936. The molecule has 2 aromatic rings. The SMILES string of the molecule is CN(Cc1ccc(F)cc1F)C(=O)c1cc(N)cn1C. The summed E-state index contributed by atoms with van der Waals surface area (Å²) in [5, 5.41) is 0. The van der Waals surface area contributed by atoms with E-state index in [0.29, 0.717) is 11.4 Å². The first-order chi connectivity index (χ1) is 9.38. The van der Waals surface area contributed by atoms with Crippen molar-refractivity contribution in [3.8, 4) is 0 Å². The molecule has 0 fully saturated rings. The zero-order valence-corrected chi connectivity index (χ0v) is 11.2. The molecule has 2 rings (SSSR count). The van der Waals surface area contributed by atoms with Gasteiger partial charge in [-0.1, -0.05) is 6.07 Å². The zero-order chi connectivity index (χ0) is 14.9. The molecule has 4 nitrogen and oxygen atoms in total. The number of nitrogen functional groups attached to an aromatic ring is 1. The van der Waals surface area contributed by atoms with Crippen LogP contribution in [-0.2, 0) is 13.6 Å². The van der Waals surface area contributed by atoms with E-state index in [1.165, 1.54) is 11.0 Å². The Labute approximate surface area is 115 Å². The largest absolute Gasteiger partial charge is 0.397 e. The van der Waals surface area contributed by atoms with Crippen LogP contribution < -0.4 is 5.73 Å². The first-order valence-corrected chi connectivity index (χ1v) is 5.99. The van der Waals surface area contributed by atoms with Gasteiger partial charge in [-0.15, -0.1) is 0 Å². The van der Waals surface area contributed by atoms with Crippen LogP contribution in [0, 0.1) is 11.6 Å². The van der Waals surface area contributed by atoms with Crippen molar-refractivity contribution in [1.29, 1.82) is 0 Å². The Bertz CT molecular complexity index is 652. The van der Waals surface area contributed by atoms with E-state index in [0.717, 1.165) is 12.1 Å². The van der Waals surface area contributed by atoms with Crippen LogP contribution in [0.2, 0.25) is 0 Å². The Morgan fingerprint density at radius 1 is 1.35 bits per heavy atom. The lowest BCUT2D eigenvalue weighted by molar-refractivity contribution is 0.0774. The number of aromatic nitrogens is 1. The monoisotopic (exact) mass is 279 g/mol. The van der Waals surface area contributed by atoms with Crippen LogP contribution in [0.5, 0.6) is 0 Å². The van der Waals surface area contributed by atoms with Gasteiger partial charge in [0.2, 0.25) is 0 Å². The third-order valence-electron chi connectivity index (χ3n) is 3.01. The average molecular weight is 279 g/mol. The molecule has 6 heteroatoms. The molecule has 1 aromatic heterocycles. The molecule has 0 aliphatic heterocycles. The normalized spacial score (nSPS) is 10.6. The van der Waals surface area contributed by atoms with E-state index in [-0.39, 0.29) is 18.0 Å². The second-order valence-corrected chi connectivity index (χ2v) is 4.67. The number of amides is 1. The molecule has 0 spiro atoms. The lowest BCUT2D eigenvalue weighted by Gasteiger charge is -2.18. The van der Waals surface area contributed by atoms with Crippen LogP contribution >= 0.6 is 0 Å². The molecular formula is C14H15F2N3O. The minimum Gasteiger partial charge on any atom is -0.397 e. The first kappa shape index (κ1) is 14.0. The lowest BCUT2D eigenvalue weighted by atomic mass is 10.2. The van der Waals surface area contributed by atoms with Gasteiger partial charge in [-0.2, -0.15) is 0 Å². The predicted molar refractivity (Wildman–Crippen MR) is 72.0 cm³/mol. The van der Waals surface area contributed by atoms with Crippen LogP contribution in [0.3, 0.4) is 0 Å². The van der Waals surface area contributed by atoms with Crippen molar-refractivity contribution >= 4 is 11.6 Å². The molecule has 2 N–H and O–H groups in total. The molecule has 0 saturated carbocycles. The third-order valence-corrected chi connectivity index (χ3v) is 3.01. The van der Waals surface area contributed by atoms with E-state index in [1.807, 2.05) is 0 Å². The van der Waals surface area contributed by atoms with Gasteiger partial charge < -0.3 is 15.2 Å². The van der Waals surface area contributed by atoms with Crippen LogP contribution in [-0.4, -0.2) is 22.4 Å². The van der Waals surface area contributed by atoms with Crippen LogP contribution in [0.15, 0.2) is 30.5 Å². The standard InChI is InChI=1S/C14H15F2N3O/c1-18-8-11(17)6-13(18)14(20)19(2)7-9-3-4-10(15)5-12(9)16/h3-6,8H,7,17H2,1-2H3. The van der Waals surface area contributed by atoms with E-state index in [4.69, 9.17) is 5.73 Å². The molecule has 1 amide bonds. The molecule has 0 unspecified atom stereocenters. The van der Waals surface area contributed by atoms with Gasteiger partial charge in [-0.25, -0.2) is 8.78 Å². The second-order valence-electron chi connectivity index (χ2n) is 4.67. The Hall–Kier alpha value is -2.37. The molecule has 1 heterocycles. The molecule has 106 valence electrons. The number of aryl methyl sites for hydroxylation is 1. The van der Waals surface area contributed by atoms with Gasteiger partial charge in [0.25, 0.3) is 5.91 Å². The highest BCUT2D eigenvalue weighted by molar-refractivity contribution is 5.93. The fourth-order valence-electron chi connectivity index (χ4n) is 1.98. The number of carbonyl (C=O) groups is 1. The highest BCUT2D eigenvalue weighted by Gasteiger charge is 2.17. The maximum absolute atomic E-state index is 13.6. The Kier molecular flexibility index (Phi) is 3.74. The molecule has 0 radical (unpaired) electrons. The van der Waals surface area contributed by atoms with E-state index >= 15 is 0 Å². The number of anilines is 1. The molecule has 0 saturated heterocycles. The number of nitrogens with zero attached hydrogens (tertiary/aromatic N) is 2. The van der Waals surface area contributed by atoms with Crippen LogP contribution in [0.25, 0.3) is 0 Å². The van der Waals surface area contributed by atoms with Gasteiger partial charge in [0.15, 0.2) is 0 Å². The minimum absolute atomic E-state index is 0.0516. The highest BCUT2D eigenvalue weighted by Crippen LogP contribution is 2.15. The number of benzene rings is 1. The van der Waals surface area contributed by atoms with Gasteiger partial charge in [-0.3, -0.25) is 4.79 Å². The van der Waals surface area contributed by atoms with Crippen molar-refractivity contribution in [1.82, 2.24) is 9.47 Å². The predicted octanol–water partition coefficient (Wildman–Crippen LogP) is 2.16. The van der Waals surface area contributed by atoms with Crippen LogP contribution in [0.4, 0.5) is 14.5 Å². The molecular weight excluding hydrogens is 264 g/mol. The Morgan fingerprint density at radius 2 is 2.05 bits per heavy atom. The average Bonchev–Trinajstić information content (AvgIpc) is 2.71. The van der Waals surface area contributed by atoms with Crippen molar-refractivity contribution in [3.63, 3.8) is 0 Å². The van der Waals surface area contributed by atoms with Gasteiger partial charge >= 0.3 is 0 Å². The highest BCUT2D eigenvalue weighted by atomic mass is 19.1. The van der Waals surface area contributed by atoms with Crippen LogP contribution in [0.1, 0.15) is 16.1 Å². The Morgan fingerprint density at radius 3 is 2.60 bits per heavy atom. The number of hydrogen-bond acceptors (Lipinski definition) is 2. The van der Waals surface area contributed by atoms with Crippen molar-refractivity contribution in [2.45, 2.75) is 6.54 Å². The summed E-state index contributed by atoms with van der Waals surface area (Å²) in [6, 6.07) is 4.85. The molecule has 20 heavy (non-hydrogen) atoms. The fraction of sp³-hybridized carbons (Fsp3) is 0.214. The van der Waals surface area contributed by atoms with Crippen molar-refractivity contribution in [2.24, 2.45) is 7.05 Å². The first-order valence-electron chi connectivity index (χ1n) is 5.99. The summed E-state index contributed by atoms with van der Waals surface area (Å²) >= 11 is 0. The van der Waals surface area contributed by atoms with Gasteiger partial charge in [-0.05, 0) is 12.1 Å². The summed E-state index contributed by atoms with van der Waals surface area (Å²) in [6.45, 7) is 0.0516. The smallest absolute Gasteiger partial charge is 0.270 e. The van der Waals surface area contributed by atoms with Gasteiger partial charge in [0.1, 0.15) is 17.3 Å². The molecule has 0 atom stereocenters. The summed E-state index contributed by atoms with van der Waals surface area (Å²) in [5.41, 5.74) is 6.76. The van der Waals surface area contributed by atoms with Gasteiger partial charge in [0, 0.05) is 38.5 Å². The van der Waals surface area contributed by atoms with E-state index in [2.05, 4.69) is 0 Å². The number of rotatable bonds is 3. The van der Waals surface area contributed by atoms with E-state index in [1.54, 1.807) is 30.9 Å². The van der Waals surface area contributed by atoms with E-state index in [9.17, 15) is 13.6 Å². The minimum atomic E-state index is -0.670. The summed E-state index contributed by atoms with van der Waals surface area (Å²) < 4.78 is 28.0. The maximum Gasteiger partial charge on any atom is 0.270 e. The molecule has 0 aliphatic rings. The summed E-state index contributed by atoms with van der Waals surface area (Å²) in [4.78, 5) is 13.6. The Balaban J connectivity index is 2.17. The summed E-state index contributed by atoms with van der Waals surface area (Å²) in [5.74, 6) is -1.60. The van der Waals surface area contributed by atoms with Gasteiger partial charge in [0.05, 0.1) is 5.69 Å². The number of hydrogen-bond donors (Lipinski definition) is 1. The number of halogens is 2. The third kappa shape index (κ3) is 2.79. The lowest BCUT2D eigenvalue weighted by Crippen LogP contribution is -2.28. The topological polar surface area (TPSA) is 51.3 Å². The second kappa shape index (κ2) is 5.32. The van der Waals surface area contributed by atoms with Crippen molar-refractivity contribution < 1.29 is 13.6 Å². The van der Waals surface area contributed by atoms with Crippen molar-refractivity contribution in [3.05, 3.63) is 53.4 Å². The molecule has 1 aromatic carbocycles. The molecule has 0 bridgehead atoms. The van der Waals surface area contributed by atoms with Crippen molar-refractivity contribution in [2.75, 3.05) is 12.8 Å². The maximum atomic E-state index is 13.6. The summed E-state index contributed by atoms with van der Waals surface area (Å²) in [7, 11) is 3.25.